The third kappa shape index (κ3) is 3.87. The molecular weight excluding hydrogens is 363 g/mol. The summed E-state index contributed by atoms with van der Waals surface area (Å²) in [6.07, 6.45) is -5.24. The first-order chi connectivity index (χ1) is 11.6. The Balaban J connectivity index is 1.81. The van der Waals surface area contributed by atoms with Crippen LogP contribution >= 0.6 is 11.3 Å². The first kappa shape index (κ1) is 18.3. The molecular formula is C16H17F5N2OS. The van der Waals surface area contributed by atoms with Gasteiger partial charge < -0.3 is 5.11 Å². The summed E-state index contributed by atoms with van der Waals surface area (Å²) in [4.78, 5) is 0.930. The molecule has 2 aromatic heterocycles. The molecule has 0 saturated heterocycles. The highest BCUT2D eigenvalue weighted by molar-refractivity contribution is 7.15. The average Bonchev–Trinajstić information content (AvgIpc) is 3.11. The minimum Gasteiger partial charge on any atom is -0.387 e. The van der Waals surface area contributed by atoms with Gasteiger partial charge in [0.25, 0.3) is 0 Å². The number of aryl methyl sites for hydroxylation is 1. The van der Waals surface area contributed by atoms with Gasteiger partial charge in [0.1, 0.15) is 11.4 Å². The van der Waals surface area contributed by atoms with Crippen LogP contribution in [0.2, 0.25) is 0 Å². The summed E-state index contributed by atoms with van der Waals surface area (Å²) in [7, 11) is 1.21. The first-order valence-corrected chi connectivity index (χ1v) is 8.66. The SMILES string of the molecule is Cn1nc(-c2ccc(C(O)C3CCCC(F)(F)C3)s2)cc1C(F)(F)F. The van der Waals surface area contributed by atoms with E-state index in [1.165, 1.54) is 7.05 Å². The number of aliphatic hydroxyl groups excluding tert-OH is 1. The van der Waals surface area contributed by atoms with Crippen molar-refractivity contribution in [2.75, 3.05) is 0 Å². The lowest BCUT2D eigenvalue weighted by Crippen LogP contribution is -2.29. The van der Waals surface area contributed by atoms with Crippen LogP contribution in [0.3, 0.4) is 0 Å². The molecule has 1 aliphatic rings. The van der Waals surface area contributed by atoms with Crippen LogP contribution in [0.15, 0.2) is 18.2 Å². The standard InChI is InChI=1S/C16H17F5N2OS/c1-23-13(16(19,20)21)7-10(22-23)11-4-5-12(25-11)14(24)9-3-2-6-15(17,18)8-9/h4-5,7,9,14,24H,2-3,6,8H2,1H3. The highest BCUT2D eigenvalue weighted by Crippen LogP contribution is 2.44. The van der Waals surface area contributed by atoms with E-state index in [0.717, 1.165) is 22.1 Å². The zero-order valence-corrected chi connectivity index (χ0v) is 14.2. The summed E-state index contributed by atoms with van der Waals surface area (Å²) >= 11 is 1.08. The fourth-order valence-electron chi connectivity index (χ4n) is 3.21. The number of hydrogen-bond donors (Lipinski definition) is 1. The topological polar surface area (TPSA) is 38.0 Å². The second kappa shape index (κ2) is 6.35. The Hall–Kier alpha value is -1.48. The zero-order chi connectivity index (χ0) is 18.4. The summed E-state index contributed by atoms with van der Waals surface area (Å²) in [6, 6.07) is 4.07. The van der Waals surface area contributed by atoms with Gasteiger partial charge in [0.2, 0.25) is 5.92 Å². The van der Waals surface area contributed by atoms with Crippen molar-refractivity contribution in [3.05, 3.63) is 28.8 Å². The van der Waals surface area contributed by atoms with Crippen molar-refractivity contribution in [2.24, 2.45) is 13.0 Å². The number of hydrogen-bond acceptors (Lipinski definition) is 3. The molecule has 2 unspecified atom stereocenters. The Morgan fingerprint density at radius 2 is 2.08 bits per heavy atom. The van der Waals surface area contributed by atoms with Gasteiger partial charge in [0.15, 0.2) is 0 Å². The van der Waals surface area contributed by atoms with Gasteiger partial charge in [-0.3, -0.25) is 4.68 Å². The maximum Gasteiger partial charge on any atom is 0.433 e. The molecule has 9 heteroatoms. The number of aliphatic hydroxyl groups is 1. The minimum atomic E-state index is -4.51. The smallest absolute Gasteiger partial charge is 0.387 e. The molecule has 1 N–H and O–H groups in total. The van der Waals surface area contributed by atoms with Crippen LogP contribution < -0.4 is 0 Å². The number of halogens is 5. The molecule has 2 heterocycles. The van der Waals surface area contributed by atoms with Gasteiger partial charge in [-0.25, -0.2) is 8.78 Å². The second-order valence-electron chi connectivity index (χ2n) is 6.40. The molecule has 3 rings (SSSR count). The molecule has 2 atom stereocenters. The van der Waals surface area contributed by atoms with E-state index in [2.05, 4.69) is 5.10 Å². The zero-order valence-electron chi connectivity index (χ0n) is 13.4. The van der Waals surface area contributed by atoms with Crippen LogP contribution in [0.25, 0.3) is 10.6 Å². The monoisotopic (exact) mass is 380 g/mol. The molecule has 0 spiro atoms. The van der Waals surface area contributed by atoms with E-state index in [1.54, 1.807) is 12.1 Å². The highest BCUT2D eigenvalue weighted by Gasteiger charge is 2.40. The van der Waals surface area contributed by atoms with E-state index >= 15 is 0 Å². The van der Waals surface area contributed by atoms with Crippen molar-refractivity contribution in [1.82, 2.24) is 9.78 Å². The lowest BCUT2D eigenvalue weighted by atomic mass is 9.82. The van der Waals surface area contributed by atoms with Crippen LogP contribution in [0, 0.1) is 5.92 Å². The molecule has 25 heavy (non-hydrogen) atoms. The van der Waals surface area contributed by atoms with Crippen molar-refractivity contribution in [3.8, 4) is 10.6 Å². The fourth-order valence-corrected chi connectivity index (χ4v) is 4.26. The van der Waals surface area contributed by atoms with E-state index in [4.69, 9.17) is 0 Å². The van der Waals surface area contributed by atoms with Gasteiger partial charge in [0, 0.05) is 24.8 Å². The van der Waals surface area contributed by atoms with Crippen LogP contribution in [0.1, 0.15) is 42.4 Å². The third-order valence-corrected chi connectivity index (χ3v) is 5.64. The molecule has 0 aromatic carbocycles. The molecule has 0 bridgehead atoms. The lowest BCUT2D eigenvalue weighted by Gasteiger charge is -2.31. The van der Waals surface area contributed by atoms with E-state index in [-0.39, 0.29) is 18.5 Å². The van der Waals surface area contributed by atoms with Crippen LogP contribution in [-0.4, -0.2) is 20.8 Å². The Morgan fingerprint density at radius 1 is 1.36 bits per heavy atom. The van der Waals surface area contributed by atoms with E-state index in [1.807, 2.05) is 0 Å². The molecule has 0 amide bonds. The summed E-state index contributed by atoms with van der Waals surface area (Å²) in [6.45, 7) is 0. The molecule has 0 radical (unpaired) electrons. The van der Waals surface area contributed by atoms with Crippen molar-refractivity contribution in [2.45, 2.75) is 43.9 Å². The number of rotatable bonds is 3. The summed E-state index contributed by atoms with van der Waals surface area (Å²) < 4.78 is 66.4. The van der Waals surface area contributed by atoms with Crippen LogP contribution in [0.5, 0.6) is 0 Å². The maximum atomic E-state index is 13.5. The molecule has 2 aromatic rings. The Bertz CT molecular complexity index is 752. The summed E-state index contributed by atoms with van der Waals surface area (Å²) in [5.41, 5.74) is -0.725. The molecule has 0 aliphatic heterocycles. The number of alkyl halides is 5. The largest absolute Gasteiger partial charge is 0.433 e. The molecule has 138 valence electrons. The quantitative estimate of drug-likeness (QED) is 0.759. The average molecular weight is 380 g/mol. The second-order valence-corrected chi connectivity index (χ2v) is 7.51. The lowest BCUT2D eigenvalue weighted by molar-refractivity contribution is -0.143. The van der Waals surface area contributed by atoms with Crippen LogP contribution in [-0.2, 0) is 13.2 Å². The fraction of sp³-hybridized carbons (Fsp3) is 0.562. The molecule has 1 fully saturated rings. The number of nitrogens with zero attached hydrogens (tertiary/aromatic N) is 2. The molecule has 1 aliphatic carbocycles. The third-order valence-electron chi connectivity index (χ3n) is 4.47. The van der Waals surface area contributed by atoms with Crippen LogP contribution in [0.4, 0.5) is 22.0 Å². The molecule has 1 saturated carbocycles. The van der Waals surface area contributed by atoms with Gasteiger partial charge >= 0.3 is 6.18 Å². The Labute approximate surface area is 145 Å². The normalized spacial score (nSPS) is 22.1. The predicted molar refractivity (Wildman–Crippen MR) is 83.4 cm³/mol. The Morgan fingerprint density at radius 3 is 2.68 bits per heavy atom. The van der Waals surface area contributed by atoms with Gasteiger partial charge in [-0.05, 0) is 37.0 Å². The minimum absolute atomic E-state index is 0.146. The van der Waals surface area contributed by atoms with Crippen molar-refractivity contribution in [3.63, 3.8) is 0 Å². The number of thiophene rings is 1. The van der Waals surface area contributed by atoms with Crippen molar-refractivity contribution in [1.29, 1.82) is 0 Å². The van der Waals surface area contributed by atoms with E-state index < -0.39 is 29.8 Å². The van der Waals surface area contributed by atoms with E-state index in [0.29, 0.717) is 22.6 Å². The van der Waals surface area contributed by atoms with Crippen molar-refractivity contribution >= 4 is 11.3 Å². The van der Waals surface area contributed by atoms with Gasteiger partial charge in [-0.2, -0.15) is 18.3 Å². The highest BCUT2D eigenvalue weighted by atomic mass is 32.1. The van der Waals surface area contributed by atoms with Crippen molar-refractivity contribution < 1.29 is 27.1 Å². The van der Waals surface area contributed by atoms with Gasteiger partial charge in [0.05, 0.1) is 11.0 Å². The number of aromatic nitrogens is 2. The van der Waals surface area contributed by atoms with Gasteiger partial charge in [-0.15, -0.1) is 11.3 Å². The maximum absolute atomic E-state index is 13.5. The Kier molecular flexibility index (Phi) is 4.65. The first-order valence-electron chi connectivity index (χ1n) is 7.84. The van der Waals surface area contributed by atoms with Gasteiger partial charge in [-0.1, -0.05) is 0 Å². The summed E-state index contributed by atoms with van der Waals surface area (Å²) in [5.74, 6) is -3.32. The van der Waals surface area contributed by atoms with E-state index in [9.17, 15) is 27.1 Å². The predicted octanol–water partition coefficient (Wildman–Crippen LogP) is 5.03. The molecule has 3 nitrogen and oxygen atoms in total. The summed E-state index contributed by atoms with van der Waals surface area (Å²) in [5, 5.41) is 14.3.